The zero-order chi connectivity index (χ0) is 20.9. The van der Waals surface area contributed by atoms with Crippen LogP contribution < -0.4 is 10.6 Å². The number of nitrogens with zero attached hydrogens (tertiary/aromatic N) is 3. The molecule has 1 aromatic heterocycles. The summed E-state index contributed by atoms with van der Waals surface area (Å²) in [5, 5.41) is 6.35. The molecule has 0 bridgehead atoms. The average Bonchev–Trinajstić information content (AvgIpc) is 3.29. The molecule has 2 N–H and O–H groups in total. The summed E-state index contributed by atoms with van der Waals surface area (Å²) in [6, 6.07) is 7.82. The van der Waals surface area contributed by atoms with E-state index < -0.39 is 12.7 Å². The van der Waals surface area contributed by atoms with Crippen LogP contribution in [0.2, 0.25) is 0 Å². The zero-order valence-electron chi connectivity index (χ0n) is 17.0. The third-order valence-electron chi connectivity index (χ3n) is 4.61. The van der Waals surface area contributed by atoms with Crippen molar-refractivity contribution < 1.29 is 17.6 Å². The lowest BCUT2D eigenvalue weighted by Crippen LogP contribution is -2.45. The second kappa shape index (κ2) is 11.0. The van der Waals surface area contributed by atoms with Crippen molar-refractivity contribution in [1.29, 1.82) is 0 Å². The van der Waals surface area contributed by atoms with E-state index >= 15 is 0 Å². The smallest absolute Gasteiger partial charge is 0.401 e. The molecule has 0 aliphatic carbocycles. The number of aryl methyl sites for hydroxylation is 1. The highest BCUT2D eigenvalue weighted by atomic mass is 127. The zero-order valence-corrected chi connectivity index (χ0v) is 19.3. The maximum absolute atomic E-state index is 12.6. The van der Waals surface area contributed by atoms with E-state index in [-0.39, 0.29) is 30.0 Å². The summed E-state index contributed by atoms with van der Waals surface area (Å²) in [4.78, 5) is 10.4. The fourth-order valence-electron chi connectivity index (χ4n) is 3.23. The Morgan fingerprint density at radius 2 is 2.03 bits per heavy atom. The minimum atomic E-state index is -4.17. The van der Waals surface area contributed by atoms with Gasteiger partial charge in [0.25, 0.3) is 0 Å². The minimum absolute atomic E-state index is 0. The first kappa shape index (κ1) is 24.4. The molecule has 2 heterocycles. The maximum atomic E-state index is 12.6. The Bertz CT molecular complexity index is 823. The second-order valence-corrected chi connectivity index (χ2v) is 7.19. The average molecular weight is 537 g/mol. The first-order valence-electron chi connectivity index (χ1n) is 9.68. The van der Waals surface area contributed by atoms with Gasteiger partial charge in [-0.3, -0.25) is 4.90 Å². The fourth-order valence-corrected chi connectivity index (χ4v) is 3.23. The Labute approximate surface area is 191 Å². The van der Waals surface area contributed by atoms with E-state index in [1.807, 2.05) is 38.1 Å². The van der Waals surface area contributed by atoms with Gasteiger partial charge < -0.3 is 15.1 Å². The van der Waals surface area contributed by atoms with Crippen LogP contribution in [0.3, 0.4) is 0 Å². The summed E-state index contributed by atoms with van der Waals surface area (Å²) >= 11 is 0. The standard InChI is InChI=1S/C20H26F3N5O.HI/c1-3-24-19(27-16-8-9-28(11-16)13-20(21,22)23)25-10-17-12-29-18(26-17)15-6-4-14(2)5-7-15;/h4-7,12,16H,3,8-11,13H2,1-2H3,(H2,24,25,27);1H. The molecule has 1 aromatic carbocycles. The van der Waals surface area contributed by atoms with E-state index in [1.54, 1.807) is 6.26 Å². The number of oxazole rings is 1. The SMILES string of the molecule is CCNC(=NCc1coc(-c2ccc(C)cc2)n1)NC1CCN(CC(F)(F)F)C1.I. The highest BCUT2D eigenvalue weighted by Gasteiger charge is 2.34. The van der Waals surface area contributed by atoms with Gasteiger partial charge in [-0.2, -0.15) is 13.2 Å². The lowest BCUT2D eigenvalue weighted by molar-refractivity contribution is -0.143. The predicted molar refractivity (Wildman–Crippen MR) is 121 cm³/mol. The molecule has 1 fully saturated rings. The molecule has 1 saturated heterocycles. The van der Waals surface area contributed by atoms with Gasteiger partial charge in [0.2, 0.25) is 5.89 Å². The first-order chi connectivity index (χ1) is 13.8. The number of alkyl halides is 3. The van der Waals surface area contributed by atoms with Gasteiger partial charge in [-0.1, -0.05) is 17.7 Å². The highest BCUT2D eigenvalue weighted by molar-refractivity contribution is 14.0. The van der Waals surface area contributed by atoms with E-state index in [2.05, 4.69) is 20.6 Å². The third kappa shape index (κ3) is 7.46. The molecule has 0 radical (unpaired) electrons. The second-order valence-electron chi connectivity index (χ2n) is 7.19. The summed E-state index contributed by atoms with van der Waals surface area (Å²) in [5.41, 5.74) is 2.74. The number of aromatic nitrogens is 1. The van der Waals surface area contributed by atoms with Crippen LogP contribution in [0.1, 0.15) is 24.6 Å². The number of benzene rings is 1. The highest BCUT2D eigenvalue weighted by Crippen LogP contribution is 2.21. The maximum Gasteiger partial charge on any atom is 0.401 e. The van der Waals surface area contributed by atoms with Crippen LogP contribution in [-0.4, -0.2) is 54.2 Å². The van der Waals surface area contributed by atoms with Gasteiger partial charge in [0.1, 0.15) is 12.0 Å². The van der Waals surface area contributed by atoms with Crippen molar-refractivity contribution in [2.24, 2.45) is 4.99 Å². The van der Waals surface area contributed by atoms with Gasteiger partial charge in [0.15, 0.2) is 5.96 Å². The molecule has 166 valence electrons. The van der Waals surface area contributed by atoms with Gasteiger partial charge in [-0.05, 0) is 32.4 Å². The van der Waals surface area contributed by atoms with Gasteiger partial charge in [-0.25, -0.2) is 9.98 Å². The summed E-state index contributed by atoms with van der Waals surface area (Å²) < 4.78 is 43.2. The van der Waals surface area contributed by atoms with Crippen molar-refractivity contribution in [3.05, 3.63) is 41.8 Å². The number of hydrogen-bond donors (Lipinski definition) is 2. The van der Waals surface area contributed by atoms with Gasteiger partial charge >= 0.3 is 6.18 Å². The van der Waals surface area contributed by atoms with Crippen LogP contribution in [0.4, 0.5) is 13.2 Å². The normalized spacial score (nSPS) is 17.6. The van der Waals surface area contributed by atoms with Crippen molar-refractivity contribution in [3.63, 3.8) is 0 Å². The number of rotatable bonds is 6. The van der Waals surface area contributed by atoms with Gasteiger partial charge in [-0.15, -0.1) is 24.0 Å². The van der Waals surface area contributed by atoms with E-state index in [0.29, 0.717) is 50.1 Å². The number of nitrogens with one attached hydrogen (secondary N) is 2. The summed E-state index contributed by atoms with van der Waals surface area (Å²) in [7, 11) is 0. The molecule has 1 aliphatic rings. The summed E-state index contributed by atoms with van der Waals surface area (Å²) in [6.45, 7) is 4.79. The first-order valence-corrected chi connectivity index (χ1v) is 9.68. The van der Waals surface area contributed by atoms with Crippen LogP contribution in [0.15, 0.2) is 39.9 Å². The van der Waals surface area contributed by atoms with Crippen LogP contribution in [0.25, 0.3) is 11.5 Å². The van der Waals surface area contributed by atoms with Gasteiger partial charge in [0.05, 0.1) is 13.1 Å². The topological polar surface area (TPSA) is 65.7 Å². The largest absolute Gasteiger partial charge is 0.444 e. The van der Waals surface area contributed by atoms with E-state index in [4.69, 9.17) is 4.42 Å². The lowest BCUT2D eigenvalue weighted by atomic mass is 10.1. The van der Waals surface area contributed by atoms with Crippen molar-refractivity contribution >= 4 is 29.9 Å². The minimum Gasteiger partial charge on any atom is -0.444 e. The molecule has 2 aromatic rings. The van der Waals surface area contributed by atoms with E-state index in [0.717, 1.165) is 11.1 Å². The van der Waals surface area contributed by atoms with Crippen LogP contribution in [-0.2, 0) is 6.54 Å². The summed E-state index contributed by atoms with van der Waals surface area (Å²) in [6.07, 6.45) is -1.96. The van der Waals surface area contributed by atoms with E-state index in [1.165, 1.54) is 4.90 Å². The Balaban J connectivity index is 0.00000320. The molecule has 0 spiro atoms. The Morgan fingerprint density at radius 1 is 1.30 bits per heavy atom. The molecule has 1 unspecified atom stereocenters. The Hall–Kier alpha value is -1.82. The molecule has 0 saturated carbocycles. The molecular formula is C20H27F3IN5O. The van der Waals surface area contributed by atoms with Crippen LogP contribution in [0, 0.1) is 6.92 Å². The molecule has 0 amide bonds. The molecule has 6 nitrogen and oxygen atoms in total. The molecule has 3 rings (SSSR count). The molecule has 1 atom stereocenters. The molecule has 30 heavy (non-hydrogen) atoms. The number of likely N-dealkylation sites (tertiary alicyclic amines) is 1. The third-order valence-corrected chi connectivity index (χ3v) is 4.61. The molecule has 1 aliphatic heterocycles. The van der Waals surface area contributed by atoms with Crippen molar-refractivity contribution in [2.45, 2.75) is 39.0 Å². The van der Waals surface area contributed by atoms with Crippen molar-refractivity contribution in [2.75, 3.05) is 26.2 Å². The fraction of sp³-hybridized carbons (Fsp3) is 0.500. The lowest BCUT2D eigenvalue weighted by Gasteiger charge is -2.19. The summed E-state index contributed by atoms with van der Waals surface area (Å²) in [5.74, 6) is 1.10. The quantitative estimate of drug-likeness (QED) is 0.332. The van der Waals surface area contributed by atoms with E-state index in [9.17, 15) is 13.2 Å². The number of aliphatic imine (C=N–C) groups is 1. The molecular weight excluding hydrogens is 510 g/mol. The Morgan fingerprint density at radius 3 is 2.70 bits per heavy atom. The van der Waals surface area contributed by atoms with Crippen LogP contribution in [0.5, 0.6) is 0 Å². The van der Waals surface area contributed by atoms with Crippen LogP contribution >= 0.6 is 24.0 Å². The number of halogens is 4. The van der Waals surface area contributed by atoms with Crippen molar-refractivity contribution in [1.82, 2.24) is 20.5 Å². The number of guanidine groups is 1. The Kier molecular flexibility index (Phi) is 8.95. The monoisotopic (exact) mass is 537 g/mol. The van der Waals surface area contributed by atoms with Gasteiger partial charge in [0, 0.05) is 31.2 Å². The molecule has 10 heteroatoms. The number of hydrogen-bond acceptors (Lipinski definition) is 4. The predicted octanol–water partition coefficient (Wildman–Crippen LogP) is 3.96. The van der Waals surface area contributed by atoms with Crippen molar-refractivity contribution in [3.8, 4) is 11.5 Å².